The first-order valence-corrected chi connectivity index (χ1v) is 16.1. The van der Waals surface area contributed by atoms with E-state index in [0.717, 1.165) is 6.42 Å². The van der Waals surface area contributed by atoms with E-state index in [1.165, 1.54) is 77.8 Å². The third kappa shape index (κ3) is 4.57. The van der Waals surface area contributed by atoms with E-state index < -0.39 is 0 Å². The highest BCUT2D eigenvalue weighted by molar-refractivity contribution is 6.11. The summed E-state index contributed by atoms with van der Waals surface area (Å²) in [6.45, 7) is 5.97. The van der Waals surface area contributed by atoms with Crippen LogP contribution in [-0.2, 0) is 0 Å². The van der Waals surface area contributed by atoms with Crippen molar-refractivity contribution < 1.29 is 0 Å². The molecule has 46 heavy (non-hydrogen) atoms. The van der Waals surface area contributed by atoms with Crippen LogP contribution in [0.25, 0.3) is 49.7 Å². The van der Waals surface area contributed by atoms with Crippen LogP contribution in [0.4, 0.5) is 5.69 Å². The molecule has 0 bridgehead atoms. The fourth-order valence-corrected chi connectivity index (χ4v) is 7.41. The molecule has 2 nitrogen and oxygen atoms in total. The van der Waals surface area contributed by atoms with Crippen molar-refractivity contribution in [3.05, 3.63) is 181 Å². The second-order valence-corrected chi connectivity index (χ2v) is 12.2. The molecule has 1 aliphatic carbocycles. The topological polar surface area (TPSA) is 8.17 Å². The number of allylic oxidation sites excluding steroid dienone is 9. The average Bonchev–Trinajstić information content (AvgIpc) is 3.59. The molecular weight excluding hydrogens is 556 g/mol. The van der Waals surface area contributed by atoms with Gasteiger partial charge in [0.15, 0.2) is 0 Å². The number of nitrogens with zero attached hydrogens (tertiary/aromatic N) is 2. The summed E-state index contributed by atoms with van der Waals surface area (Å²) in [7, 11) is 2.20. The Kier molecular flexibility index (Phi) is 6.92. The zero-order chi connectivity index (χ0) is 31.2. The van der Waals surface area contributed by atoms with Gasteiger partial charge < -0.3 is 9.47 Å². The first-order chi connectivity index (χ1) is 22.6. The number of fused-ring (bicyclic) bond motifs is 6. The molecule has 0 amide bonds. The Hall–Kier alpha value is -5.60. The van der Waals surface area contributed by atoms with Crippen LogP contribution in [0, 0.1) is 0 Å². The lowest BCUT2D eigenvalue weighted by molar-refractivity contribution is 0.786. The van der Waals surface area contributed by atoms with Crippen molar-refractivity contribution in [3.8, 4) is 27.9 Å². The number of aromatic nitrogens is 1. The fourth-order valence-electron chi connectivity index (χ4n) is 7.41. The molecule has 2 aliphatic rings. The molecule has 222 valence electrons. The molecule has 2 heteroatoms. The minimum Gasteiger partial charge on any atom is -0.347 e. The van der Waals surface area contributed by atoms with E-state index in [1.54, 1.807) is 0 Å². The van der Waals surface area contributed by atoms with Crippen molar-refractivity contribution >= 4 is 27.5 Å². The molecule has 0 spiro atoms. The lowest BCUT2D eigenvalue weighted by atomic mass is 9.84. The number of hydrogen-bond donors (Lipinski definition) is 0. The fraction of sp³-hybridized carbons (Fsp3) is 0.0909. The van der Waals surface area contributed by atoms with E-state index in [9.17, 15) is 0 Å². The normalized spacial score (nSPS) is 16.1. The average molecular weight is 593 g/mol. The summed E-state index contributed by atoms with van der Waals surface area (Å²) < 4.78 is 2.40. The molecular formula is C44H36N2. The minimum absolute atomic E-state index is 0.337. The highest BCUT2D eigenvalue weighted by atomic mass is 15.1. The molecule has 6 aromatic rings. The molecule has 0 radical (unpaired) electrons. The highest BCUT2D eigenvalue weighted by Crippen LogP contribution is 2.50. The summed E-state index contributed by atoms with van der Waals surface area (Å²) in [5.41, 5.74) is 15.3. The van der Waals surface area contributed by atoms with Crippen molar-refractivity contribution in [1.29, 1.82) is 0 Å². The molecule has 0 saturated heterocycles. The Balaban J connectivity index is 1.25. The van der Waals surface area contributed by atoms with Gasteiger partial charge in [0.25, 0.3) is 0 Å². The quantitative estimate of drug-likeness (QED) is 0.175. The van der Waals surface area contributed by atoms with E-state index in [0.29, 0.717) is 5.92 Å². The van der Waals surface area contributed by atoms with Crippen molar-refractivity contribution in [2.75, 3.05) is 11.9 Å². The molecule has 0 fully saturated rings. The number of benzene rings is 5. The van der Waals surface area contributed by atoms with Crippen molar-refractivity contribution in [2.45, 2.75) is 19.3 Å². The first-order valence-electron chi connectivity index (χ1n) is 16.1. The van der Waals surface area contributed by atoms with Gasteiger partial charge in [0, 0.05) is 40.8 Å². The summed E-state index contributed by atoms with van der Waals surface area (Å²) in [5.74, 6) is 0.337. The van der Waals surface area contributed by atoms with Gasteiger partial charge in [-0.15, -0.1) is 0 Å². The van der Waals surface area contributed by atoms with Gasteiger partial charge in [-0.3, -0.25) is 0 Å². The van der Waals surface area contributed by atoms with Gasteiger partial charge in [-0.05, 0) is 107 Å². The molecule has 1 atom stereocenters. The number of likely N-dealkylation sites (N-methyl/N-ethyl adjacent to an activating group) is 1. The van der Waals surface area contributed by atoms with E-state index in [-0.39, 0.29) is 0 Å². The molecule has 8 rings (SSSR count). The summed E-state index contributed by atoms with van der Waals surface area (Å²) in [6, 6.07) is 42.3. The Bertz CT molecular complexity index is 2260. The Morgan fingerprint density at radius 1 is 0.717 bits per heavy atom. The lowest BCUT2D eigenvalue weighted by Crippen LogP contribution is -2.15. The van der Waals surface area contributed by atoms with Crippen LogP contribution in [0.15, 0.2) is 175 Å². The van der Waals surface area contributed by atoms with Crippen LogP contribution in [0.5, 0.6) is 0 Å². The largest absolute Gasteiger partial charge is 0.347 e. The van der Waals surface area contributed by atoms with Gasteiger partial charge in [-0.1, -0.05) is 104 Å². The predicted octanol–water partition coefficient (Wildman–Crippen LogP) is 11.6. The molecule has 1 aliphatic heterocycles. The van der Waals surface area contributed by atoms with Crippen LogP contribution in [-0.4, -0.2) is 11.6 Å². The first kappa shape index (κ1) is 27.9. The van der Waals surface area contributed by atoms with Crippen LogP contribution in [0.3, 0.4) is 0 Å². The number of para-hydroxylation sites is 1. The molecule has 1 unspecified atom stereocenters. The Morgan fingerprint density at radius 2 is 1.35 bits per heavy atom. The lowest BCUT2D eigenvalue weighted by Gasteiger charge is -2.23. The Morgan fingerprint density at radius 3 is 2.02 bits per heavy atom. The van der Waals surface area contributed by atoms with Crippen LogP contribution >= 0.6 is 0 Å². The maximum atomic E-state index is 3.86. The third-order valence-corrected chi connectivity index (χ3v) is 9.70. The van der Waals surface area contributed by atoms with Gasteiger partial charge in [-0.2, -0.15) is 0 Å². The third-order valence-electron chi connectivity index (χ3n) is 9.70. The van der Waals surface area contributed by atoms with Crippen LogP contribution in [0.2, 0.25) is 0 Å². The second kappa shape index (κ2) is 11.4. The van der Waals surface area contributed by atoms with Gasteiger partial charge in [-0.25, -0.2) is 0 Å². The second-order valence-electron chi connectivity index (χ2n) is 12.2. The van der Waals surface area contributed by atoms with E-state index in [1.807, 2.05) is 12.2 Å². The van der Waals surface area contributed by atoms with Crippen LogP contribution < -0.4 is 4.90 Å². The summed E-state index contributed by atoms with van der Waals surface area (Å²) in [6.07, 6.45) is 13.8. The number of rotatable bonds is 6. The van der Waals surface area contributed by atoms with Gasteiger partial charge >= 0.3 is 0 Å². The molecule has 5 aromatic carbocycles. The zero-order valence-electron chi connectivity index (χ0n) is 26.3. The molecule has 2 heterocycles. The molecule has 1 aromatic heterocycles. The minimum atomic E-state index is 0.337. The maximum absolute atomic E-state index is 3.86. The summed E-state index contributed by atoms with van der Waals surface area (Å²) in [5, 5.41) is 2.53. The maximum Gasteiger partial charge on any atom is 0.0541 e. The molecule has 0 saturated carbocycles. The van der Waals surface area contributed by atoms with E-state index in [4.69, 9.17) is 0 Å². The zero-order valence-corrected chi connectivity index (χ0v) is 26.3. The monoisotopic (exact) mass is 592 g/mol. The van der Waals surface area contributed by atoms with Crippen molar-refractivity contribution in [1.82, 2.24) is 4.57 Å². The van der Waals surface area contributed by atoms with Gasteiger partial charge in [0.05, 0.1) is 11.0 Å². The van der Waals surface area contributed by atoms with E-state index in [2.05, 4.69) is 170 Å². The summed E-state index contributed by atoms with van der Waals surface area (Å²) in [4.78, 5) is 2.37. The smallest absolute Gasteiger partial charge is 0.0541 e. The Labute approximate surface area is 271 Å². The SMILES string of the molecule is C=C/C=C\C(=C/C)C1=CC=C2C(C1)c1cc(-c3ccc4c(c3)c3cc(-c5ccccc5)ccc3n4-c3ccccc3)ccc1N2C. The highest BCUT2D eigenvalue weighted by Gasteiger charge is 2.34. The van der Waals surface area contributed by atoms with Gasteiger partial charge in [0.2, 0.25) is 0 Å². The van der Waals surface area contributed by atoms with E-state index >= 15 is 0 Å². The van der Waals surface area contributed by atoms with Crippen molar-refractivity contribution in [3.63, 3.8) is 0 Å². The number of anilines is 1. The van der Waals surface area contributed by atoms with Gasteiger partial charge in [0.1, 0.15) is 0 Å². The summed E-state index contributed by atoms with van der Waals surface area (Å²) >= 11 is 0. The molecule has 0 N–H and O–H groups in total. The number of hydrogen-bond acceptors (Lipinski definition) is 1. The predicted molar refractivity (Wildman–Crippen MR) is 197 cm³/mol. The van der Waals surface area contributed by atoms with Crippen molar-refractivity contribution in [2.24, 2.45) is 0 Å². The van der Waals surface area contributed by atoms with Crippen LogP contribution in [0.1, 0.15) is 24.8 Å². The standard InChI is InChI=1S/C44H36N2/c1-4-6-13-30(5-2)32-18-22-41-37(26-32)38-28-34(19-23-42(38)45(41)3)35-21-25-44-40(29-35)39-27-33(31-14-9-7-10-15-31)20-24-43(39)46(44)36-16-11-8-12-17-36/h4-25,27-29,37H,1,26H2,2-3H3/b13-6-,30-5+.